The van der Waals surface area contributed by atoms with Crippen molar-refractivity contribution in [1.29, 1.82) is 0 Å². The fourth-order valence-corrected chi connectivity index (χ4v) is 5.00. The Bertz CT molecular complexity index is 1100. The maximum Gasteiger partial charge on any atom is 0.336 e. The lowest BCUT2D eigenvalue weighted by Gasteiger charge is -2.35. The lowest BCUT2D eigenvalue weighted by molar-refractivity contribution is -0.141. The van der Waals surface area contributed by atoms with Crippen molar-refractivity contribution >= 4 is 46.1 Å². The highest BCUT2D eigenvalue weighted by atomic mass is 127. The molecule has 0 bridgehead atoms. The molecule has 3 heterocycles. The van der Waals surface area contributed by atoms with Gasteiger partial charge in [0.25, 0.3) is 0 Å². The van der Waals surface area contributed by atoms with E-state index in [9.17, 15) is 9.59 Å². The van der Waals surface area contributed by atoms with Gasteiger partial charge in [0.15, 0.2) is 0 Å². The molecule has 2 aromatic rings. The van der Waals surface area contributed by atoms with Crippen molar-refractivity contribution in [3.8, 4) is 5.75 Å². The number of ether oxygens (including phenoxy) is 3. The number of carbonyl (C=O) groups excluding carboxylic acids is 2. The number of methoxy groups -OCH3 is 1. The number of nitrogens with zero attached hydrogens (tertiary/aromatic N) is 2. The monoisotopic (exact) mass is 596 g/mol. The highest BCUT2D eigenvalue weighted by Crippen LogP contribution is 2.38. The number of halogens is 2. The molecular weight excluding hydrogens is 571 g/mol. The van der Waals surface area contributed by atoms with Crippen LogP contribution in [0.1, 0.15) is 43.2 Å². The van der Waals surface area contributed by atoms with Gasteiger partial charge in [-0.3, -0.25) is 4.79 Å². The molecule has 0 saturated carbocycles. The van der Waals surface area contributed by atoms with Crippen LogP contribution in [0.15, 0.2) is 47.8 Å². The molecular formula is C25H26ClIN2O5. The number of allylic oxidation sites excluding steroid dienone is 1. The zero-order valence-electron chi connectivity index (χ0n) is 19.1. The molecule has 1 aromatic carbocycles. The summed E-state index contributed by atoms with van der Waals surface area (Å²) in [7, 11) is 1.59. The van der Waals surface area contributed by atoms with E-state index >= 15 is 0 Å². The van der Waals surface area contributed by atoms with Gasteiger partial charge in [0, 0.05) is 40.0 Å². The van der Waals surface area contributed by atoms with Gasteiger partial charge >= 0.3 is 5.97 Å². The topological polar surface area (TPSA) is 78.0 Å². The van der Waals surface area contributed by atoms with E-state index in [-0.39, 0.29) is 25.0 Å². The highest BCUT2D eigenvalue weighted by molar-refractivity contribution is 14.1. The molecule has 180 valence electrons. The van der Waals surface area contributed by atoms with Gasteiger partial charge in [-0.25, -0.2) is 9.78 Å². The summed E-state index contributed by atoms with van der Waals surface area (Å²) in [6.07, 6.45) is 3.60. The molecule has 1 saturated heterocycles. The Morgan fingerprint density at radius 2 is 2.15 bits per heavy atom. The summed E-state index contributed by atoms with van der Waals surface area (Å²) in [6, 6.07) is 9.16. The number of aromatic nitrogens is 1. The lowest BCUT2D eigenvalue weighted by atomic mass is 9.84. The quantitative estimate of drug-likeness (QED) is 0.258. The molecule has 2 aliphatic heterocycles. The van der Waals surface area contributed by atoms with Gasteiger partial charge in [0.05, 0.1) is 25.3 Å². The van der Waals surface area contributed by atoms with Gasteiger partial charge in [0.1, 0.15) is 17.5 Å². The Kier molecular flexibility index (Phi) is 8.10. The smallest absolute Gasteiger partial charge is 0.336 e. The van der Waals surface area contributed by atoms with Crippen LogP contribution in [0.25, 0.3) is 0 Å². The first-order chi connectivity index (χ1) is 16.4. The summed E-state index contributed by atoms with van der Waals surface area (Å²) in [4.78, 5) is 32.4. The molecule has 1 fully saturated rings. The zero-order chi connectivity index (χ0) is 24.2. The summed E-state index contributed by atoms with van der Waals surface area (Å²) in [5.41, 5.74) is 2.55. The molecule has 0 unspecified atom stereocenters. The first-order valence-corrected chi connectivity index (χ1v) is 12.6. The molecule has 0 aliphatic carbocycles. The van der Waals surface area contributed by atoms with Crippen LogP contribution in [0.4, 0.5) is 0 Å². The maximum atomic E-state index is 13.5. The number of esters is 1. The van der Waals surface area contributed by atoms with E-state index < -0.39 is 11.9 Å². The number of hydrogen-bond acceptors (Lipinski definition) is 6. The Balaban J connectivity index is 1.64. The van der Waals surface area contributed by atoms with Crippen LogP contribution in [0.3, 0.4) is 0 Å². The van der Waals surface area contributed by atoms with Crippen LogP contribution in [-0.2, 0) is 25.7 Å². The van der Waals surface area contributed by atoms with E-state index in [1.54, 1.807) is 37.3 Å². The second kappa shape index (κ2) is 11.0. The van der Waals surface area contributed by atoms with Gasteiger partial charge in [-0.05, 0) is 66.1 Å². The molecule has 9 heteroatoms. The van der Waals surface area contributed by atoms with Crippen LogP contribution in [-0.4, -0.2) is 48.1 Å². The molecule has 0 spiro atoms. The third-order valence-electron chi connectivity index (χ3n) is 6.21. The summed E-state index contributed by atoms with van der Waals surface area (Å²) in [5, 5.41) is 0.349. The van der Waals surface area contributed by atoms with E-state index in [2.05, 4.69) is 27.6 Å². The molecule has 0 N–H and O–H groups in total. The van der Waals surface area contributed by atoms with E-state index in [0.717, 1.165) is 27.5 Å². The Morgan fingerprint density at radius 1 is 1.32 bits per heavy atom. The Morgan fingerprint density at radius 3 is 2.82 bits per heavy atom. The van der Waals surface area contributed by atoms with E-state index in [1.165, 1.54) is 0 Å². The average molecular weight is 597 g/mol. The van der Waals surface area contributed by atoms with Gasteiger partial charge in [0.2, 0.25) is 5.91 Å². The van der Waals surface area contributed by atoms with E-state index in [1.807, 2.05) is 18.2 Å². The predicted octanol–water partition coefficient (Wildman–Crippen LogP) is 4.86. The van der Waals surface area contributed by atoms with Gasteiger partial charge in [-0.15, -0.1) is 0 Å². The van der Waals surface area contributed by atoms with Crippen LogP contribution >= 0.6 is 34.2 Å². The van der Waals surface area contributed by atoms with Crippen molar-refractivity contribution in [3.05, 3.63) is 67.6 Å². The van der Waals surface area contributed by atoms with Crippen molar-refractivity contribution in [2.45, 2.75) is 44.8 Å². The first kappa shape index (κ1) is 24.9. The van der Waals surface area contributed by atoms with Crippen LogP contribution in [0, 0.1) is 3.57 Å². The number of amides is 1. The fourth-order valence-electron chi connectivity index (χ4n) is 4.43. The molecule has 2 atom stereocenters. The molecule has 34 heavy (non-hydrogen) atoms. The lowest BCUT2D eigenvalue weighted by Crippen LogP contribution is -2.42. The fraction of sp³-hybridized carbons (Fsp3) is 0.400. The molecule has 1 amide bonds. The molecule has 0 radical (unpaired) electrons. The Hall–Kier alpha value is -2.17. The minimum atomic E-state index is -0.470. The standard InChI is InChI=1S/C25H26ClIN2O5/c1-15-24(25(31)34-14-17-5-7-18(27)10-21(17)32-2)20(16-6-8-22(26)28-12-16)11-23(30)29(15)13-19-4-3-9-33-19/h5-8,10,12,19-20H,3-4,9,11,13-14H2,1-2H3/t19-,20+/m1/s1. The first-order valence-electron chi connectivity index (χ1n) is 11.1. The SMILES string of the molecule is COc1cc(I)ccc1COC(=O)C1=C(C)N(C[C@H]2CCCO2)C(=O)C[C@H]1c1ccc(Cl)nc1. The molecule has 1 aromatic heterocycles. The van der Waals surface area contributed by atoms with Crippen LogP contribution in [0.5, 0.6) is 5.75 Å². The van der Waals surface area contributed by atoms with Gasteiger partial charge in [-0.1, -0.05) is 23.7 Å². The minimum absolute atomic E-state index is 0.0269. The normalized spacial score (nSPS) is 20.6. The summed E-state index contributed by atoms with van der Waals surface area (Å²) >= 11 is 8.17. The van der Waals surface area contributed by atoms with Crippen molar-refractivity contribution < 1.29 is 23.8 Å². The second-order valence-electron chi connectivity index (χ2n) is 8.34. The number of hydrogen-bond donors (Lipinski definition) is 0. The predicted molar refractivity (Wildman–Crippen MR) is 135 cm³/mol. The number of carbonyl (C=O) groups is 2. The Labute approximate surface area is 217 Å². The number of pyridine rings is 1. The third kappa shape index (κ3) is 5.55. The summed E-state index contributed by atoms with van der Waals surface area (Å²) < 4.78 is 18.0. The molecule has 4 rings (SSSR count). The van der Waals surface area contributed by atoms with Crippen molar-refractivity contribution in [3.63, 3.8) is 0 Å². The second-order valence-corrected chi connectivity index (χ2v) is 9.97. The van der Waals surface area contributed by atoms with E-state index in [4.69, 9.17) is 25.8 Å². The van der Waals surface area contributed by atoms with Gasteiger partial charge in [-0.2, -0.15) is 0 Å². The zero-order valence-corrected chi connectivity index (χ0v) is 22.0. The van der Waals surface area contributed by atoms with Crippen LogP contribution in [0.2, 0.25) is 5.15 Å². The summed E-state index contributed by atoms with van der Waals surface area (Å²) in [5.74, 6) is -0.335. The average Bonchev–Trinajstić information content (AvgIpc) is 3.34. The number of rotatable bonds is 7. The van der Waals surface area contributed by atoms with Crippen molar-refractivity contribution in [2.24, 2.45) is 0 Å². The largest absolute Gasteiger partial charge is 0.496 e. The molecule has 7 nitrogen and oxygen atoms in total. The maximum absolute atomic E-state index is 13.5. The van der Waals surface area contributed by atoms with Crippen molar-refractivity contribution in [2.75, 3.05) is 20.3 Å². The molecule has 2 aliphatic rings. The number of benzene rings is 1. The third-order valence-corrected chi connectivity index (χ3v) is 7.11. The van der Waals surface area contributed by atoms with Crippen molar-refractivity contribution in [1.82, 2.24) is 9.88 Å². The highest BCUT2D eigenvalue weighted by Gasteiger charge is 2.38. The van der Waals surface area contributed by atoms with E-state index in [0.29, 0.717) is 35.3 Å². The van der Waals surface area contributed by atoms with Gasteiger partial charge < -0.3 is 19.1 Å². The van der Waals surface area contributed by atoms with Crippen LogP contribution < -0.4 is 4.74 Å². The summed E-state index contributed by atoms with van der Waals surface area (Å²) in [6.45, 7) is 2.98. The minimum Gasteiger partial charge on any atom is -0.496 e.